The van der Waals surface area contributed by atoms with Crippen molar-refractivity contribution >= 4 is 5.69 Å². The molecule has 0 spiro atoms. The van der Waals surface area contributed by atoms with Gasteiger partial charge in [0.15, 0.2) is 0 Å². The minimum atomic E-state index is -0.114. The molecule has 0 saturated carbocycles. The van der Waals surface area contributed by atoms with E-state index in [2.05, 4.69) is 15.9 Å². The normalized spacial score (nSPS) is 24.7. The molecule has 0 amide bonds. The van der Waals surface area contributed by atoms with E-state index in [0.29, 0.717) is 12.5 Å². The molecule has 1 aromatic carbocycles. The fraction of sp³-hybridized carbons (Fsp3) is 0.647. The number of hydrogen-bond acceptors (Lipinski definition) is 3. The number of nitrogens with zero attached hydrogens (tertiary/aromatic N) is 2. The Hall–Kier alpha value is -1.13. The molecule has 2 N–H and O–H groups in total. The van der Waals surface area contributed by atoms with Crippen molar-refractivity contribution in [1.82, 2.24) is 4.90 Å². The highest BCUT2D eigenvalue weighted by Crippen LogP contribution is 2.29. The van der Waals surface area contributed by atoms with Gasteiger partial charge in [-0.3, -0.25) is 4.90 Å². The SMILES string of the molecule is CC(N)Cc1c(F)cccc1N1CCCN2CCCC2C1. The minimum absolute atomic E-state index is 0.0180. The van der Waals surface area contributed by atoms with E-state index in [1.165, 1.54) is 25.9 Å². The Bertz CT molecular complexity index is 489. The van der Waals surface area contributed by atoms with Crippen molar-refractivity contribution in [1.29, 1.82) is 0 Å². The fourth-order valence-electron chi connectivity index (χ4n) is 3.79. The molecule has 2 aliphatic heterocycles. The lowest BCUT2D eigenvalue weighted by atomic mass is 10.0. The van der Waals surface area contributed by atoms with Crippen molar-refractivity contribution in [2.24, 2.45) is 5.73 Å². The van der Waals surface area contributed by atoms with Gasteiger partial charge in [-0.15, -0.1) is 0 Å². The number of nitrogens with two attached hydrogens (primary N) is 1. The Morgan fingerprint density at radius 2 is 2.10 bits per heavy atom. The van der Waals surface area contributed by atoms with Gasteiger partial charge in [-0.2, -0.15) is 0 Å². The van der Waals surface area contributed by atoms with Crippen LogP contribution in [-0.2, 0) is 6.42 Å². The molecule has 21 heavy (non-hydrogen) atoms. The quantitative estimate of drug-likeness (QED) is 0.928. The largest absolute Gasteiger partial charge is 0.370 e. The highest BCUT2D eigenvalue weighted by Gasteiger charge is 2.29. The molecular weight excluding hydrogens is 265 g/mol. The van der Waals surface area contributed by atoms with Gasteiger partial charge in [0.1, 0.15) is 5.82 Å². The predicted octanol–water partition coefficient (Wildman–Crippen LogP) is 2.39. The van der Waals surface area contributed by atoms with E-state index >= 15 is 0 Å². The average Bonchev–Trinajstić information content (AvgIpc) is 2.78. The van der Waals surface area contributed by atoms with Gasteiger partial charge in [0.2, 0.25) is 0 Å². The first-order valence-electron chi connectivity index (χ1n) is 8.17. The standard InChI is InChI=1S/C17H26FN3/c1-13(19)11-15-16(18)6-2-7-17(15)21-10-4-9-20-8-3-5-14(20)12-21/h2,6-7,13-14H,3-5,8-12,19H2,1H3. The van der Waals surface area contributed by atoms with Crippen molar-refractivity contribution in [3.63, 3.8) is 0 Å². The summed E-state index contributed by atoms with van der Waals surface area (Å²) in [7, 11) is 0. The second kappa shape index (κ2) is 6.32. The molecule has 2 saturated heterocycles. The van der Waals surface area contributed by atoms with Crippen LogP contribution in [0.15, 0.2) is 18.2 Å². The Balaban J connectivity index is 1.86. The van der Waals surface area contributed by atoms with Gasteiger partial charge in [-0.25, -0.2) is 4.39 Å². The lowest BCUT2D eigenvalue weighted by Crippen LogP contribution is -2.37. The summed E-state index contributed by atoms with van der Waals surface area (Å²) in [6.07, 6.45) is 4.33. The van der Waals surface area contributed by atoms with Crippen molar-refractivity contribution in [3.8, 4) is 0 Å². The maximum absolute atomic E-state index is 14.2. The van der Waals surface area contributed by atoms with Crippen molar-refractivity contribution in [2.45, 2.75) is 44.7 Å². The highest BCUT2D eigenvalue weighted by molar-refractivity contribution is 5.55. The van der Waals surface area contributed by atoms with Crippen LogP contribution in [0, 0.1) is 5.82 Å². The molecular formula is C17H26FN3. The Labute approximate surface area is 126 Å². The summed E-state index contributed by atoms with van der Waals surface area (Å²) < 4.78 is 14.2. The number of fused-ring (bicyclic) bond motifs is 1. The number of hydrogen-bond donors (Lipinski definition) is 1. The predicted molar refractivity (Wildman–Crippen MR) is 85.2 cm³/mol. The van der Waals surface area contributed by atoms with E-state index in [1.807, 2.05) is 13.0 Å². The third kappa shape index (κ3) is 3.22. The van der Waals surface area contributed by atoms with Gasteiger partial charge in [-0.1, -0.05) is 6.07 Å². The number of rotatable bonds is 3. The van der Waals surface area contributed by atoms with Crippen LogP contribution in [0.25, 0.3) is 0 Å². The van der Waals surface area contributed by atoms with Gasteiger partial charge >= 0.3 is 0 Å². The first-order valence-corrected chi connectivity index (χ1v) is 8.17. The zero-order valence-corrected chi connectivity index (χ0v) is 12.9. The molecule has 4 heteroatoms. The maximum Gasteiger partial charge on any atom is 0.128 e. The van der Waals surface area contributed by atoms with Crippen LogP contribution in [0.4, 0.5) is 10.1 Å². The van der Waals surface area contributed by atoms with Gasteiger partial charge in [0.25, 0.3) is 0 Å². The smallest absolute Gasteiger partial charge is 0.128 e. The number of anilines is 1. The third-order valence-corrected chi connectivity index (χ3v) is 4.76. The summed E-state index contributed by atoms with van der Waals surface area (Å²) in [5.74, 6) is -0.114. The summed E-state index contributed by atoms with van der Waals surface area (Å²) in [6.45, 7) is 6.39. The third-order valence-electron chi connectivity index (χ3n) is 4.76. The monoisotopic (exact) mass is 291 g/mol. The van der Waals surface area contributed by atoms with Crippen LogP contribution in [-0.4, -0.2) is 43.2 Å². The van der Waals surface area contributed by atoms with Crippen LogP contribution in [0.2, 0.25) is 0 Å². The topological polar surface area (TPSA) is 32.5 Å². The second-order valence-corrected chi connectivity index (χ2v) is 6.55. The molecule has 0 aliphatic carbocycles. The molecule has 3 rings (SSSR count). The fourth-order valence-corrected chi connectivity index (χ4v) is 3.79. The Kier molecular flexibility index (Phi) is 4.45. The van der Waals surface area contributed by atoms with Gasteiger partial charge < -0.3 is 10.6 Å². The van der Waals surface area contributed by atoms with E-state index in [4.69, 9.17) is 5.73 Å². The molecule has 1 aromatic rings. The van der Waals surface area contributed by atoms with E-state index < -0.39 is 0 Å². The zero-order valence-electron chi connectivity index (χ0n) is 12.9. The summed E-state index contributed by atoms with van der Waals surface area (Å²) >= 11 is 0. The molecule has 116 valence electrons. The summed E-state index contributed by atoms with van der Waals surface area (Å²) in [5.41, 5.74) is 7.76. The van der Waals surface area contributed by atoms with Crippen LogP contribution >= 0.6 is 0 Å². The molecule has 3 nitrogen and oxygen atoms in total. The second-order valence-electron chi connectivity index (χ2n) is 6.55. The molecule has 2 fully saturated rings. The van der Waals surface area contributed by atoms with Gasteiger partial charge in [0.05, 0.1) is 0 Å². The van der Waals surface area contributed by atoms with E-state index in [1.54, 1.807) is 6.07 Å². The molecule has 0 bridgehead atoms. The van der Waals surface area contributed by atoms with E-state index in [9.17, 15) is 4.39 Å². The first-order chi connectivity index (χ1) is 10.1. The van der Waals surface area contributed by atoms with Gasteiger partial charge in [0, 0.05) is 43.0 Å². The lowest BCUT2D eigenvalue weighted by Gasteiger charge is -2.29. The molecule has 2 atom stereocenters. The maximum atomic E-state index is 14.2. The summed E-state index contributed by atoms with van der Waals surface area (Å²) in [5, 5.41) is 0. The molecule has 0 aromatic heterocycles. The van der Waals surface area contributed by atoms with Crippen molar-refractivity contribution in [3.05, 3.63) is 29.6 Å². The molecule has 0 radical (unpaired) electrons. The molecule has 2 aliphatic rings. The summed E-state index contributed by atoms with van der Waals surface area (Å²) in [4.78, 5) is 4.99. The number of benzene rings is 1. The Morgan fingerprint density at radius 1 is 1.29 bits per heavy atom. The average molecular weight is 291 g/mol. The highest BCUT2D eigenvalue weighted by atomic mass is 19.1. The summed E-state index contributed by atoms with van der Waals surface area (Å²) in [6, 6.07) is 6.06. The van der Waals surface area contributed by atoms with Gasteiger partial charge in [-0.05, 0) is 51.3 Å². The van der Waals surface area contributed by atoms with Crippen molar-refractivity contribution < 1.29 is 4.39 Å². The lowest BCUT2D eigenvalue weighted by molar-refractivity contribution is 0.273. The minimum Gasteiger partial charge on any atom is -0.370 e. The molecule has 2 unspecified atom stereocenters. The van der Waals surface area contributed by atoms with E-state index in [0.717, 1.165) is 30.8 Å². The molecule has 2 heterocycles. The van der Waals surface area contributed by atoms with Crippen LogP contribution in [0.5, 0.6) is 0 Å². The zero-order chi connectivity index (χ0) is 14.8. The van der Waals surface area contributed by atoms with Crippen LogP contribution in [0.3, 0.4) is 0 Å². The van der Waals surface area contributed by atoms with E-state index in [-0.39, 0.29) is 11.9 Å². The Morgan fingerprint density at radius 3 is 2.90 bits per heavy atom. The first kappa shape index (κ1) is 14.8. The van der Waals surface area contributed by atoms with Crippen LogP contribution < -0.4 is 10.6 Å². The number of halogens is 1. The van der Waals surface area contributed by atoms with Crippen molar-refractivity contribution in [2.75, 3.05) is 31.1 Å². The van der Waals surface area contributed by atoms with Crippen LogP contribution in [0.1, 0.15) is 31.7 Å².